The highest BCUT2D eigenvalue weighted by Gasteiger charge is 2.02. The van der Waals surface area contributed by atoms with Crippen molar-refractivity contribution in [3.63, 3.8) is 0 Å². The average molecular weight is 298 g/mol. The molecular formula is C20H26O2. The van der Waals surface area contributed by atoms with E-state index >= 15 is 0 Å². The minimum atomic E-state index is 0.102. The van der Waals surface area contributed by atoms with E-state index in [1.165, 1.54) is 32.1 Å². The van der Waals surface area contributed by atoms with Crippen molar-refractivity contribution in [1.82, 2.24) is 0 Å². The number of hydrogen-bond donors (Lipinski definition) is 0. The van der Waals surface area contributed by atoms with Gasteiger partial charge in [0.1, 0.15) is 5.75 Å². The highest BCUT2D eigenvalue weighted by molar-refractivity contribution is 5.98. The number of carbonyl (C=O) groups is 1. The normalized spacial score (nSPS) is 10.8. The minimum Gasteiger partial charge on any atom is -0.494 e. The second kappa shape index (κ2) is 8.57. The van der Waals surface area contributed by atoms with Gasteiger partial charge in [0.25, 0.3) is 0 Å². The first-order valence-electron chi connectivity index (χ1n) is 8.38. The maximum atomic E-state index is 11.4. The maximum absolute atomic E-state index is 11.4. The number of rotatable bonds is 9. The summed E-state index contributed by atoms with van der Waals surface area (Å²) in [5.41, 5.74) is 0.758. The third-order valence-electron chi connectivity index (χ3n) is 3.98. The lowest BCUT2D eigenvalue weighted by Crippen LogP contribution is -1.97. The van der Waals surface area contributed by atoms with E-state index in [9.17, 15) is 4.79 Å². The molecule has 22 heavy (non-hydrogen) atoms. The first kappa shape index (κ1) is 16.5. The molecule has 0 N–H and O–H groups in total. The monoisotopic (exact) mass is 298 g/mol. The Morgan fingerprint density at radius 2 is 1.59 bits per heavy atom. The molecule has 0 spiro atoms. The Hall–Kier alpha value is -1.83. The molecule has 0 saturated carbocycles. The number of ether oxygens (including phenoxy) is 1. The number of carbonyl (C=O) groups excluding carboxylic acids is 1. The predicted octanol–water partition coefficient (Wildman–Crippen LogP) is 5.78. The number of benzene rings is 2. The molecule has 2 aromatic carbocycles. The second-order valence-electron chi connectivity index (χ2n) is 5.90. The van der Waals surface area contributed by atoms with Crippen molar-refractivity contribution >= 4 is 16.6 Å². The van der Waals surface area contributed by atoms with Crippen molar-refractivity contribution in [2.75, 3.05) is 6.61 Å². The van der Waals surface area contributed by atoms with Crippen LogP contribution in [0, 0.1) is 0 Å². The van der Waals surface area contributed by atoms with Gasteiger partial charge in [0.2, 0.25) is 0 Å². The van der Waals surface area contributed by atoms with E-state index in [1.54, 1.807) is 6.92 Å². The zero-order valence-corrected chi connectivity index (χ0v) is 13.7. The average Bonchev–Trinajstić information content (AvgIpc) is 2.53. The van der Waals surface area contributed by atoms with Crippen LogP contribution in [0.5, 0.6) is 5.75 Å². The van der Waals surface area contributed by atoms with E-state index in [0.29, 0.717) is 0 Å². The highest BCUT2D eigenvalue weighted by Crippen LogP contribution is 2.22. The van der Waals surface area contributed by atoms with Crippen LogP contribution in [-0.2, 0) is 0 Å². The molecule has 0 bridgehead atoms. The largest absolute Gasteiger partial charge is 0.494 e. The molecule has 2 heteroatoms. The zero-order chi connectivity index (χ0) is 15.8. The number of fused-ring (bicyclic) bond motifs is 1. The Morgan fingerprint density at radius 3 is 2.36 bits per heavy atom. The van der Waals surface area contributed by atoms with Gasteiger partial charge >= 0.3 is 0 Å². The first-order valence-corrected chi connectivity index (χ1v) is 8.38. The molecule has 0 aromatic heterocycles. The lowest BCUT2D eigenvalue weighted by molar-refractivity contribution is 0.101. The molecule has 2 nitrogen and oxygen atoms in total. The zero-order valence-electron chi connectivity index (χ0n) is 13.7. The van der Waals surface area contributed by atoms with Gasteiger partial charge in [-0.1, -0.05) is 57.2 Å². The van der Waals surface area contributed by atoms with Gasteiger partial charge in [0.05, 0.1) is 6.61 Å². The summed E-state index contributed by atoms with van der Waals surface area (Å²) in [5.74, 6) is 1.02. The fourth-order valence-electron chi connectivity index (χ4n) is 2.61. The summed E-state index contributed by atoms with van der Waals surface area (Å²) in [6, 6.07) is 11.9. The Kier molecular flexibility index (Phi) is 6.45. The van der Waals surface area contributed by atoms with E-state index in [2.05, 4.69) is 13.0 Å². The Bertz CT molecular complexity index is 616. The minimum absolute atomic E-state index is 0.102. The summed E-state index contributed by atoms with van der Waals surface area (Å²) in [6.07, 6.45) is 7.64. The van der Waals surface area contributed by atoms with Crippen LogP contribution in [0.15, 0.2) is 36.4 Å². The highest BCUT2D eigenvalue weighted by atomic mass is 16.5. The number of ketones is 1. The molecule has 2 rings (SSSR count). The molecule has 0 aliphatic carbocycles. The summed E-state index contributed by atoms with van der Waals surface area (Å²) >= 11 is 0. The Morgan fingerprint density at radius 1 is 0.909 bits per heavy atom. The van der Waals surface area contributed by atoms with E-state index in [-0.39, 0.29) is 5.78 Å². The number of Topliss-reactive ketones (excluding diaryl/α,β-unsaturated/α-hetero) is 1. The SMILES string of the molecule is CCCCCCCCOc1ccc2cc(C(C)=O)ccc2c1. The van der Waals surface area contributed by atoms with Gasteiger partial charge in [-0.15, -0.1) is 0 Å². The molecule has 0 unspecified atom stereocenters. The van der Waals surface area contributed by atoms with Crippen LogP contribution in [0.3, 0.4) is 0 Å². The van der Waals surface area contributed by atoms with Gasteiger partial charge in [-0.25, -0.2) is 0 Å². The quantitative estimate of drug-likeness (QED) is 0.433. The molecule has 0 heterocycles. The van der Waals surface area contributed by atoms with E-state index in [1.807, 2.05) is 30.3 Å². The summed E-state index contributed by atoms with van der Waals surface area (Å²) in [4.78, 5) is 11.4. The van der Waals surface area contributed by atoms with Gasteiger partial charge < -0.3 is 4.74 Å². The molecule has 0 fully saturated rings. The molecule has 0 atom stereocenters. The van der Waals surface area contributed by atoms with Crippen LogP contribution in [0.1, 0.15) is 62.7 Å². The van der Waals surface area contributed by atoms with Gasteiger partial charge in [-0.05, 0) is 42.3 Å². The number of unbranched alkanes of at least 4 members (excludes halogenated alkanes) is 5. The van der Waals surface area contributed by atoms with Crippen LogP contribution in [0.25, 0.3) is 10.8 Å². The Balaban J connectivity index is 1.85. The predicted molar refractivity (Wildman–Crippen MR) is 92.8 cm³/mol. The van der Waals surface area contributed by atoms with E-state index < -0.39 is 0 Å². The van der Waals surface area contributed by atoms with Crippen molar-refractivity contribution in [1.29, 1.82) is 0 Å². The molecule has 0 aliphatic heterocycles. The van der Waals surface area contributed by atoms with Crippen LogP contribution in [-0.4, -0.2) is 12.4 Å². The lowest BCUT2D eigenvalue weighted by Gasteiger charge is -2.08. The molecule has 0 aliphatic rings. The smallest absolute Gasteiger partial charge is 0.159 e. The fourth-order valence-corrected chi connectivity index (χ4v) is 2.61. The molecule has 0 saturated heterocycles. The summed E-state index contributed by atoms with van der Waals surface area (Å²) in [7, 11) is 0. The van der Waals surface area contributed by atoms with Crippen LogP contribution < -0.4 is 4.74 Å². The van der Waals surface area contributed by atoms with Gasteiger partial charge in [0, 0.05) is 5.56 Å². The molecule has 0 amide bonds. The molecule has 0 radical (unpaired) electrons. The Labute approximate surface area is 133 Å². The lowest BCUT2D eigenvalue weighted by atomic mass is 10.0. The summed E-state index contributed by atoms with van der Waals surface area (Å²) in [6.45, 7) is 4.62. The standard InChI is InChI=1S/C20H26O2/c1-3-4-5-6-7-8-13-22-20-12-11-18-14-17(16(2)21)9-10-19(18)15-20/h9-12,14-15H,3-8,13H2,1-2H3. The first-order chi connectivity index (χ1) is 10.7. The maximum Gasteiger partial charge on any atom is 0.159 e. The third kappa shape index (κ3) is 4.87. The van der Waals surface area contributed by atoms with Crippen molar-refractivity contribution in [2.45, 2.75) is 52.4 Å². The second-order valence-corrected chi connectivity index (χ2v) is 5.90. The van der Waals surface area contributed by atoms with E-state index in [0.717, 1.165) is 35.1 Å². The van der Waals surface area contributed by atoms with E-state index in [4.69, 9.17) is 4.74 Å². The van der Waals surface area contributed by atoms with Crippen molar-refractivity contribution in [3.8, 4) is 5.75 Å². The van der Waals surface area contributed by atoms with Gasteiger partial charge in [0.15, 0.2) is 5.78 Å². The van der Waals surface area contributed by atoms with Gasteiger partial charge in [-0.3, -0.25) is 4.79 Å². The molecular weight excluding hydrogens is 272 g/mol. The summed E-state index contributed by atoms with van der Waals surface area (Å²) in [5, 5.41) is 2.20. The third-order valence-corrected chi connectivity index (χ3v) is 3.98. The fraction of sp³-hybridized carbons (Fsp3) is 0.450. The molecule has 2 aromatic rings. The number of hydrogen-bond acceptors (Lipinski definition) is 2. The van der Waals surface area contributed by atoms with Crippen molar-refractivity contribution in [2.24, 2.45) is 0 Å². The summed E-state index contributed by atoms with van der Waals surface area (Å²) < 4.78 is 5.83. The molecule has 118 valence electrons. The van der Waals surface area contributed by atoms with Gasteiger partial charge in [-0.2, -0.15) is 0 Å². The van der Waals surface area contributed by atoms with Crippen LogP contribution in [0.4, 0.5) is 0 Å². The topological polar surface area (TPSA) is 26.3 Å². The van der Waals surface area contributed by atoms with Crippen molar-refractivity contribution < 1.29 is 9.53 Å². The van der Waals surface area contributed by atoms with Crippen LogP contribution >= 0.6 is 0 Å². The van der Waals surface area contributed by atoms with Crippen molar-refractivity contribution in [3.05, 3.63) is 42.0 Å². The van der Waals surface area contributed by atoms with Crippen LogP contribution in [0.2, 0.25) is 0 Å².